The number of para-hydroxylation sites is 1. The van der Waals surface area contributed by atoms with Crippen LogP contribution in [0.4, 0.5) is 4.79 Å². The van der Waals surface area contributed by atoms with Gasteiger partial charge in [-0.2, -0.15) is 0 Å². The number of carbonyl (C=O) groups excluding carboxylic acids is 4. The maximum Gasteiger partial charge on any atom is 0.325 e. The Morgan fingerprint density at radius 3 is 2.62 bits per heavy atom. The molecule has 1 aromatic heterocycles. The Labute approximate surface area is 167 Å². The van der Waals surface area contributed by atoms with E-state index in [4.69, 9.17) is 4.74 Å². The van der Waals surface area contributed by atoms with E-state index in [0.717, 1.165) is 4.90 Å². The van der Waals surface area contributed by atoms with E-state index < -0.39 is 29.8 Å². The molecule has 0 saturated carbocycles. The van der Waals surface area contributed by atoms with Crippen LogP contribution >= 0.6 is 0 Å². The van der Waals surface area contributed by atoms with Crippen LogP contribution < -0.4 is 10.1 Å². The molecule has 1 spiro atoms. The predicted molar refractivity (Wildman–Crippen MR) is 103 cm³/mol. The van der Waals surface area contributed by atoms with E-state index in [0.29, 0.717) is 28.1 Å². The third-order valence-corrected chi connectivity index (χ3v) is 5.63. The molecule has 0 bridgehead atoms. The number of urea groups is 1. The molecule has 2 N–H and O–H groups in total. The van der Waals surface area contributed by atoms with Crippen molar-refractivity contribution in [2.75, 3.05) is 13.2 Å². The van der Waals surface area contributed by atoms with Gasteiger partial charge < -0.3 is 15.0 Å². The Balaban J connectivity index is 1.64. The molecule has 2 aromatic rings. The molecular weight excluding hydrogens is 374 g/mol. The van der Waals surface area contributed by atoms with Gasteiger partial charge in [-0.25, -0.2) is 4.79 Å². The van der Waals surface area contributed by atoms with E-state index in [1.807, 2.05) is 0 Å². The molecule has 150 valence electrons. The lowest BCUT2D eigenvalue weighted by Gasteiger charge is -2.33. The van der Waals surface area contributed by atoms with Crippen molar-refractivity contribution >= 4 is 23.5 Å². The van der Waals surface area contributed by atoms with Crippen molar-refractivity contribution in [3.63, 3.8) is 0 Å². The summed E-state index contributed by atoms with van der Waals surface area (Å²) in [6, 6.07) is 6.45. The summed E-state index contributed by atoms with van der Waals surface area (Å²) in [6.07, 6.45) is 0.286. The second-order valence-electron chi connectivity index (χ2n) is 7.43. The van der Waals surface area contributed by atoms with E-state index in [9.17, 15) is 19.2 Å². The number of fused-ring (bicyclic) bond motifs is 2. The standard InChI is InChI=1S/C21H21N3O5/c1-11-17(13(3)25)12(2)22-18(11)15(26)10-24-19(27)21(23-20(24)28)8-9-29-16-7-5-4-6-14(16)21/h4-7,22H,8-10H2,1-3H3,(H,23,28)/t21-/m1/s1. The van der Waals surface area contributed by atoms with Crippen molar-refractivity contribution in [1.82, 2.24) is 15.2 Å². The number of aryl methyl sites for hydroxylation is 1. The first-order valence-corrected chi connectivity index (χ1v) is 9.36. The number of amides is 3. The molecule has 0 aliphatic carbocycles. The molecule has 8 nitrogen and oxygen atoms in total. The maximum atomic E-state index is 13.3. The maximum absolute atomic E-state index is 13.3. The average Bonchev–Trinajstić information content (AvgIpc) is 3.10. The van der Waals surface area contributed by atoms with Crippen molar-refractivity contribution in [2.45, 2.75) is 32.7 Å². The molecular formula is C21H21N3O5. The Hall–Kier alpha value is -3.42. The second-order valence-corrected chi connectivity index (χ2v) is 7.43. The zero-order valence-corrected chi connectivity index (χ0v) is 16.4. The first-order chi connectivity index (χ1) is 13.8. The second kappa shape index (κ2) is 6.58. The Bertz CT molecular complexity index is 1070. The summed E-state index contributed by atoms with van der Waals surface area (Å²) >= 11 is 0. The third kappa shape index (κ3) is 2.74. The summed E-state index contributed by atoms with van der Waals surface area (Å²) in [6.45, 7) is 4.69. The lowest BCUT2D eigenvalue weighted by molar-refractivity contribution is -0.132. The third-order valence-electron chi connectivity index (χ3n) is 5.63. The summed E-state index contributed by atoms with van der Waals surface area (Å²) in [5.41, 5.74) is 1.17. The molecule has 1 saturated heterocycles. The molecule has 0 radical (unpaired) electrons. The van der Waals surface area contributed by atoms with Crippen molar-refractivity contribution < 1.29 is 23.9 Å². The summed E-state index contributed by atoms with van der Waals surface area (Å²) in [4.78, 5) is 54.5. The van der Waals surface area contributed by atoms with Crippen molar-refractivity contribution in [1.29, 1.82) is 0 Å². The first-order valence-electron chi connectivity index (χ1n) is 9.36. The molecule has 4 rings (SSSR count). The molecule has 1 atom stereocenters. The van der Waals surface area contributed by atoms with E-state index in [1.54, 1.807) is 38.1 Å². The van der Waals surface area contributed by atoms with Gasteiger partial charge in [0.2, 0.25) is 0 Å². The topological polar surface area (TPSA) is 109 Å². The van der Waals surface area contributed by atoms with Crippen LogP contribution in [0.25, 0.3) is 0 Å². The number of rotatable bonds is 4. The van der Waals surface area contributed by atoms with E-state index in [-0.39, 0.29) is 24.5 Å². The van der Waals surface area contributed by atoms with Crippen molar-refractivity contribution in [3.05, 3.63) is 52.3 Å². The summed E-state index contributed by atoms with van der Waals surface area (Å²) < 4.78 is 5.61. The van der Waals surface area contributed by atoms with Crippen LogP contribution in [0.5, 0.6) is 5.75 Å². The smallest absolute Gasteiger partial charge is 0.325 e. The fourth-order valence-corrected chi connectivity index (χ4v) is 4.30. The number of ketones is 2. The number of H-pyrrole nitrogens is 1. The Morgan fingerprint density at radius 1 is 1.21 bits per heavy atom. The molecule has 0 unspecified atom stereocenters. The lowest BCUT2D eigenvalue weighted by atomic mass is 9.84. The molecule has 1 fully saturated rings. The fourth-order valence-electron chi connectivity index (χ4n) is 4.30. The summed E-state index contributed by atoms with van der Waals surface area (Å²) in [5, 5.41) is 2.77. The number of hydrogen-bond acceptors (Lipinski definition) is 5. The number of imide groups is 1. The van der Waals surface area contributed by atoms with E-state index in [1.165, 1.54) is 6.92 Å². The van der Waals surface area contributed by atoms with Crippen LogP contribution in [-0.2, 0) is 10.3 Å². The molecule has 3 heterocycles. The number of benzene rings is 1. The number of hydrogen-bond donors (Lipinski definition) is 2. The molecule has 2 aliphatic heterocycles. The van der Waals surface area contributed by atoms with Crippen LogP contribution in [0, 0.1) is 13.8 Å². The van der Waals surface area contributed by atoms with Gasteiger partial charge in [-0.15, -0.1) is 0 Å². The normalized spacial score (nSPS) is 20.4. The van der Waals surface area contributed by atoms with Crippen LogP contribution in [0.15, 0.2) is 24.3 Å². The van der Waals surface area contributed by atoms with Crippen molar-refractivity contribution in [2.24, 2.45) is 0 Å². The molecule has 1 aromatic carbocycles. The van der Waals surface area contributed by atoms with E-state index in [2.05, 4.69) is 10.3 Å². The quantitative estimate of drug-likeness (QED) is 0.610. The van der Waals surface area contributed by atoms with Crippen LogP contribution in [-0.4, -0.2) is 46.5 Å². The molecule has 8 heteroatoms. The molecule has 29 heavy (non-hydrogen) atoms. The number of aromatic amines is 1. The monoisotopic (exact) mass is 395 g/mol. The average molecular weight is 395 g/mol. The Morgan fingerprint density at radius 2 is 1.93 bits per heavy atom. The predicted octanol–water partition coefficient (Wildman–Crippen LogP) is 2.25. The van der Waals surface area contributed by atoms with Gasteiger partial charge in [0.1, 0.15) is 5.75 Å². The van der Waals surface area contributed by atoms with Crippen LogP contribution in [0.1, 0.15) is 51.0 Å². The van der Waals surface area contributed by atoms with Gasteiger partial charge >= 0.3 is 6.03 Å². The molecule has 2 aliphatic rings. The van der Waals surface area contributed by atoms with Gasteiger partial charge in [0.25, 0.3) is 5.91 Å². The Kier molecular flexibility index (Phi) is 4.29. The van der Waals surface area contributed by atoms with Gasteiger partial charge in [0, 0.05) is 23.2 Å². The van der Waals surface area contributed by atoms with Gasteiger partial charge in [0.15, 0.2) is 17.1 Å². The van der Waals surface area contributed by atoms with E-state index >= 15 is 0 Å². The fraction of sp³-hybridized carbons (Fsp3) is 0.333. The highest BCUT2D eigenvalue weighted by Gasteiger charge is 2.55. The number of nitrogens with zero attached hydrogens (tertiary/aromatic N) is 1. The number of Topliss-reactive ketones (excluding diaryl/α,β-unsaturated/α-hetero) is 2. The minimum absolute atomic E-state index is 0.150. The minimum atomic E-state index is -1.22. The van der Waals surface area contributed by atoms with Crippen molar-refractivity contribution in [3.8, 4) is 5.75 Å². The zero-order chi connectivity index (χ0) is 20.9. The summed E-state index contributed by atoms with van der Waals surface area (Å²) in [5.74, 6) is -0.510. The highest BCUT2D eigenvalue weighted by Crippen LogP contribution is 2.41. The highest BCUT2D eigenvalue weighted by molar-refractivity contribution is 6.12. The zero-order valence-electron chi connectivity index (χ0n) is 16.4. The number of nitrogens with one attached hydrogen (secondary N) is 2. The molecule has 3 amide bonds. The lowest BCUT2D eigenvalue weighted by Crippen LogP contribution is -2.47. The SMILES string of the molecule is CC(=O)c1c(C)[nH]c(C(=O)CN2C(=O)N[C@@]3(CCOc4ccccc43)C2=O)c1C. The largest absolute Gasteiger partial charge is 0.493 e. The van der Waals surface area contributed by atoms with Crippen LogP contribution in [0.3, 0.4) is 0 Å². The van der Waals surface area contributed by atoms with Crippen LogP contribution in [0.2, 0.25) is 0 Å². The number of aromatic nitrogens is 1. The van der Waals surface area contributed by atoms with Gasteiger partial charge in [-0.1, -0.05) is 18.2 Å². The number of carbonyl (C=O) groups is 4. The minimum Gasteiger partial charge on any atom is -0.493 e. The van der Waals surface area contributed by atoms with Gasteiger partial charge in [-0.05, 0) is 32.4 Å². The number of ether oxygens (including phenoxy) is 1. The highest BCUT2D eigenvalue weighted by atomic mass is 16.5. The first kappa shape index (κ1) is 18.9. The summed E-state index contributed by atoms with van der Waals surface area (Å²) in [7, 11) is 0. The van der Waals surface area contributed by atoms with Gasteiger partial charge in [0.05, 0.1) is 18.8 Å². The van der Waals surface area contributed by atoms with Gasteiger partial charge in [-0.3, -0.25) is 19.3 Å².